The summed E-state index contributed by atoms with van der Waals surface area (Å²) in [5.74, 6) is 0.180. The highest BCUT2D eigenvalue weighted by molar-refractivity contribution is 9.10. The van der Waals surface area contributed by atoms with E-state index in [2.05, 4.69) is 21.2 Å². The minimum atomic E-state index is 0.180. The quantitative estimate of drug-likeness (QED) is 0.903. The topological polar surface area (TPSA) is 32.3 Å². The Morgan fingerprint density at radius 2 is 2.18 bits per heavy atom. The Morgan fingerprint density at radius 3 is 2.82 bits per heavy atom. The Labute approximate surface area is 110 Å². The number of carbonyl (C=O) groups excluding carboxylic acids is 1. The monoisotopic (exact) mass is 296 g/mol. The molecule has 1 amide bonds. The van der Waals surface area contributed by atoms with Gasteiger partial charge in [-0.1, -0.05) is 34.1 Å². The predicted octanol–water partition coefficient (Wildman–Crippen LogP) is 2.16. The van der Waals surface area contributed by atoms with Crippen LogP contribution in [0.3, 0.4) is 0 Å². The molecule has 1 aromatic rings. The third kappa shape index (κ3) is 3.54. The number of rotatable bonds is 5. The summed E-state index contributed by atoms with van der Waals surface area (Å²) in [6.07, 6.45) is 2.32. The van der Waals surface area contributed by atoms with Crippen LogP contribution < -0.4 is 5.32 Å². The van der Waals surface area contributed by atoms with Crippen molar-refractivity contribution in [2.75, 3.05) is 13.6 Å². The van der Waals surface area contributed by atoms with Gasteiger partial charge in [0, 0.05) is 24.1 Å². The molecule has 1 saturated carbocycles. The first-order chi connectivity index (χ1) is 8.18. The van der Waals surface area contributed by atoms with E-state index >= 15 is 0 Å². The van der Waals surface area contributed by atoms with Gasteiger partial charge in [-0.25, -0.2) is 0 Å². The Balaban J connectivity index is 1.75. The fourth-order valence-electron chi connectivity index (χ4n) is 1.74. The zero-order valence-corrected chi connectivity index (χ0v) is 11.5. The molecule has 0 aliphatic heterocycles. The van der Waals surface area contributed by atoms with Crippen molar-refractivity contribution in [3.63, 3.8) is 0 Å². The molecule has 0 radical (unpaired) electrons. The number of benzene rings is 1. The molecule has 1 aliphatic carbocycles. The predicted molar refractivity (Wildman–Crippen MR) is 71.6 cm³/mol. The van der Waals surface area contributed by atoms with E-state index in [9.17, 15) is 4.79 Å². The SMILES string of the molecule is CN(C(=O)CNCc1ccccc1Br)C1CC1. The molecule has 17 heavy (non-hydrogen) atoms. The van der Waals surface area contributed by atoms with E-state index in [1.165, 1.54) is 5.56 Å². The molecule has 0 unspecified atom stereocenters. The summed E-state index contributed by atoms with van der Waals surface area (Å²) in [5.41, 5.74) is 1.18. The first-order valence-electron chi connectivity index (χ1n) is 5.88. The number of carbonyl (C=O) groups is 1. The molecule has 1 fully saturated rings. The second-order valence-electron chi connectivity index (χ2n) is 4.43. The lowest BCUT2D eigenvalue weighted by molar-refractivity contribution is -0.129. The average Bonchev–Trinajstić information content (AvgIpc) is 3.14. The van der Waals surface area contributed by atoms with Crippen molar-refractivity contribution in [2.45, 2.75) is 25.4 Å². The van der Waals surface area contributed by atoms with Crippen LogP contribution >= 0.6 is 15.9 Å². The van der Waals surface area contributed by atoms with Crippen molar-refractivity contribution >= 4 is 21.8 Å². The van der Waals surface area contributed by atoms with Crippen molar-refractivity contribution < 1.29 is 4.79 Å². The minimum Gasteiger partial charge on any atom is -0.342 e. The fourth-order valence-corrected chi connectivity index (χ4v) is 2.16. The number of hydrogen-bond acceptors (Lipinski definition) is 2. The van der Waals surface area contributed by atoms with Crippen LogP contribution in [0, 0.1) is 0 Å². The highest BCUT2D eigenvalue weighted by Gasteiger charge is 2.28. The standard InChI is InChI=1S/C13H17BrN2O/c1-16(11-6-7-11)13(17)9-15-8-10-4-2-3-5-12(10)14/h2-5,11,15H,6-9H2,1H3. The van der Waals surface area contributed by atoms with Gasteiger partial charge >= 0.3 is 0 Å². The molecule has 92 valence electrons. The Hall–Kier alpha value is -0.870. The molecule has 1 N–H and O–H groups in total. The maximum atomic E-state index is 11.8. The molecular weight excluding hydrogens is 280 g/mol. The number of nitrogens with zero attached hydrogens (tertiary/aromatic N) is 1. The van der Waals surface area contributed by atoms with Crippen LogP contribution in [0.2, 0.25) is 0 Å². The number of nitrogens with one attached hydrogen (secondary N) is 1. The Morgan fingerprint density at radius 1 is 1.47 bits per heavy atom. The molecule has 0 atom stereocenters. The van der Waals surface area contributed by atoms with Crippen LogP contribution in [0.5, 0.6) is 0 Å². The minimum absolute atomic E-state index is 0.180. The van der Waals surface area contributed by atoms with E-state index in [1.807, 2.05) is 36.2 Å². The largest absolute Gasteiger partial charge is 0.342 e. The van der Waals surface area contributed by atoms with Gasteiger partial charge in [-0.2, -0.15) is 0 Å². The number of amides is 1. The van der Waals surface area contributed by atoms with Gasteiger partial charge in [-0.3, -0.25) is 4.79 Å². The molecular formula is C13H17BrN2O. The summed E-state index contributed by atoms with van der Waals surface area (Å²) in [7, 11) is 1.89. The maximum absolute atomic E-state index is 11.8. The number of halogens is 1. The normalized spacial score (nSPS) is 14.7. The summed E-state index contributed by atoms with van der Waals surface area (Å²) < 4.78 is 1.08. The van der Waals surface area contributed by atoms with Crippen LogP contribution in [-0.2, 0) is 11.3 Å². The zero-order valence-electron chi connectivity index (χ0n) is 9.95. The number of hydrogen-bond donors (Lipinski definition) is 1. The second kappa shape index (κ2) is 5.65. The molecule has 3 nitrogen and oxygen atoms in total. The molecule has 1 aliphatic rings. The second-order valence-corrected chi connectivity index (χ2v) is 5.29. The van der Waals surface area contributed by atoms with Crippen molar-refractivity contribution in [3.8, 4) is 0 Å². The van der Waals surface area contributed by atoms with Gasteiger partial charge < -0.3 is 10.2 Å². The van der Waals surface area contributed by atoms with Gasteiger partial charge in [-0.15, -0.1) is 0 Å². The van der Waals surface area contributed by atoms with Crippen molar-refractivity contribution in [2.24, 2.45) is 0 Å². The van der Waals surface area contributed by atoms with Crippen LogP contribution in [-0.4, -0.2) is 30.4 Å². The van der Waals surface area contributed by atoms with Crippen molar-refractivity contribution in [3.05, 3.63) is 34.3 Å². The Kier molecular flexibility index (Phi) is 4.18. The summed E-state index contributed by atoms with van der Waals surface area (Å²) in [4.78, 5) is 13.6. The van der Waals surface area contributed by atoms with E-state index in [1.54, 1.807) is 0 Å². The van der Waals surface area contributed by atoms with Crippen molar-refractivity contribution in [1.29, 1.82) is 0 Å². The highest BCUT2D eigenvalue weighted by atomic mass is 79.9. The van der Waals surface area contributed by atoms with Crippen molar-refractivity contribution in [1.82, 2.24) is 10.2 Å². The van der Waals surface area contributed by atoms with Gasteiger partial charge in [0.25, 0.3) is 0 Å². The van der Waals surface area contributed by atoms with Crippen LogP contribution in [0.1, 0.15) is 18.4 Å². The maximum Gasteiger partial charge on any atom is 0.236 e. The number of likely N-dealkylation sites (N-methyl/N-ethyl adjacent to an activating group) is 1. The van der Waals surface area contributed by atoms with Gasteiger partial charge in [0.15, 0.2) is 0 Å². The third-order valence-corrected chi connectivity index (χ3v) is 3.81. The lowest BCUT2D eigenvalue weighted by Crippen LogP contribution is -2.36. The summed E-state index contributed by atoms with van der Waals surface area (Å²) in [6.45, 7) is 1.13. The smallest absolute Gasteiger partial charge is 0.236 e. The molecule has 0 spiro atoms. The molecule has 0 heterocycles. The van der Waals surface area contributed by atoms with Crippen LogP contribution in [0.25, 0.3) is 0 Å². The molecule has 1 aromatic carbocycles. The van der Waals surface area contributed by atoms with E-state index in [-0.39, 0.29) is 5.91 Å². The average molecular weight is 297 g/mol. The highest BCUT2D eigenvalue weighted by Crippen LogP contribution is 2.25. The van der Waals surface area contributed by atoms with E-state index in [0.29, 0.717) is 19.1 Å². The first kappa shape index (κ1) is 12.6. The lowest BCUT2D eigenvalue weighted by atomic mass is 10.2. The summed E-state index contributed by atoms with van der Waals surface area (Å²) in [5, 5.41) is 3.18. The molecule has 4 heteroatoms. The summed E-state index contributed by atoms with van der Waals surface area (Å²) in [6, 6.07) is 8.54. The van der Waals surface area contributed by atoms with Crippen LogP contribution in [0.15, 0.2) is 28.7 Å². The molecule has 0 aromatic heterocycles. The zero-order chi connectivity index (χ0) is 12.3. The molecule has 2 rings (SSSR count). The molecule has 0 bridgehead atoms. The fraction of sp³-hybridized carbons (Fsp3) is 0.462. The first-order valence-corrected chi connectivity index (χ1v) is 6.67. The van der Waals surface area contributed by atoms with E-state index in [4.69, 9.17) is 0 Å². The van der Waals surface area contributed by atoms with Gasteiger partial charge in [-0.05, 0) is 24.5 Å². The van der Waals surface area contributed by atoms with E-state index < -0.39 is 0 Å². The lowest BCUT2D eigenvalue weighted by Gasteiger charge is -2.16. The van der Waals surface area contributed by atoms with Gasteiger partial charge in [0.1, 0.15) is 0 Å². The van der Waals surface area contributed by atoms with E-state index in [0.717, 1.165) is 17.3 Å². The van der Waals surface area contributed by atoms with Gasteiger partial charge in [0.05, 0.1) is 6.54 Å². The third-order valence-electron chi connectivity index (χ3n) is 3.04. The Bertz CT molecular complexity index is 404. The van der Waals surface area contributed by atoms with Gasteiger partial charge in [0.2, 0.25) is 5.91 Å². The summed E-state index contributed by atoms with van der Waals surface area (Å²) >= 11 is 3.49. The van der Waals surface area contributed by atoms with Crippen LogP contribution in [0.4, 0.5) is 0 Å². The molecule has 0 saturated heterocycles.